The molecule has 2 saturated heterocycles. The van der Waals surface area contributed by atoms with Crippen molar-refractivity contribution in [2.75, 3.05) is 49.1 Å². The number of nitrogens with one attached hydrogen (secondary N) is 1. The molecule has 2 aromatic rings. The van der Waals surface area contributed by atoms with Crippen LogP contribution in [0.15, 0.2) is 30.6 Å². The standard InChI is InChI=1S/C29H41ClN6O4/c1-28(2,3)39-26(37)33-21-8-7-11-36(19-21)23-16-24(30)31-18-22(23)20-9-10-25(32-17-20)34-12-14-35(15-13-34)27(38)40-29(4,5)6/h9-10,16-18,21H,7-8,11-15,19H2,1-6H3,(H,33,37)/t21-/m0/s1. The summed E-state index contributed by atoms with van der Waals surface area (Å²) in [5, 5.41) is 3.42. The summed E-state index contributed by atoms with van der Waals surface area (Å²) in [5.74, 6) is 0.857. The molecular formula is C29H41ClN6O4. The van der Waals surface area contributed by atoms with Gasteiger partial charge in [-0.05, 0) is 72.6 Å². The first-order valence-corrected chi connectivity index (χ1v) is 14.2. The first-order valence-electron chi connectivity index (χ1n) is 13.9. The Bertz CT molecular complexity index is 1190. The van der Waals surface area contributed by atoms with Crippen LogP contribution in [-0.4, -0.2) is 83.6 Å². The summed E-state index contributed by atoms with van der Waals surface area (Å²) in [5.41, 5.74) is 1.75. The maximum absolute atomic E-state index is 12.4. The number of anilines is 2. The molecule has 10 nitrogen and oxygen atoms in total. The van der Waals surface area contributed by atoms with E-state index in [9.17, 15) is 9.59 Å². The van der Waals surface area contributed by atoms with E-state index in [0.29, 0.717) is 37.9 Å². The van der Waals surface area contributed by atoms with Crippen molar-refractivity contribution in [1.82, 2.24) is 20.2 Å². The van der Waals surface area contributed by atoms with Crippen molar-refractivity contribution in [3.05, 3.63) is 35.7 Å². The van der Waals surface area contributed by atoms with E-state index in [-0.39, 0.29) is 12.1 Å². The zero-order chi connectivity index (χ0) is 29.1. The lowest BCUT2D eigenvalue weighted by atomic mass is 10.0. The maximum Gasteiger partial charge on any atom is 0.410 e. The van der Waals surface area contributed by atoms with Gasteiger partial charge in [0.2, 0.25) is 0 Å². The summed E-state index contributed by atoms with van der Waals surface area (Å²) >= 11 is 6.33. The van der Waals surface area contributed by atoms with Gasteiger partial charge >= 0.3 is 12.2 Å². The number of hydrogen-bond donors (Lipinski definition) is 1. The van der Waals surface area contributed by atoms with Crippen LogP contribution in [0.2, 0.25) is 5.15 Å². The fourth-order valence-electron chi connectivity index (χ4n) is 4.87. The highest BCUT2D eigenvalue weighted by atomic mass is 35.5. The second kappa shape index (κ2) is 12.1. The topological polar surface area (TPSA) is 100 Å². The molecule has 2 fully saturated rings. The van der Waals surface area contributed by atoms with E-state index < -0.39 is 17.3 Å². The van der Waals surface area contributed by atoms with E-state index in [0.717, 1.165) is 42.0 Å². The molecule has 0 saturated carbocycles. The van der Waals surface area contributed by atoms with Crippen molar-refractivity contribution >= 4 is 35.3 Å². The SMILES string of the molecule is CC(C)(C)OC(=O)N[C@H]1CCCN(c2cc(Cl)ncc2-c2ccc(N3CCN(C(=O)OC(C)(C)C)CC3)nc2)C1. The fourth-order valence-corrected chi connectivity index (χ4v) is 5.02. The summed E-state index contributed by atoms with van der Waals surface area (Å²) in [6.45, 7) is 15.2. The van der Waals surface area contributed by atoms with Crippen LogP contribution in [0.1, 0.15) is 54.4 Å². The Kier molecular flexibility index (Phi) is 8.97. The highest BCUT2D eigenvalue weighted by molar-refractivity contribution is 6.29. The van der Waals surface area contributed by atoms with Gasteiger partial charge in [-0.25, -0.2) is 19.6 Å². The second-order valence-electron chi connectivity index (χ2n) is 12.3. The zero-order valence-corrected chi connectivity index (χ0v) is 25.1. The number of carbonyl (C=O) groups is 2. The highest BCUT2D eigenvalue weighted by Gasteiger charge is 2.28. The van der Waals surface area contributed by atoms with E-state index in [1.807, 2.05) is 65.9 Å². The lowest BCUT2D eigenvalue weighted by Gasteiger charge is -2.36. The third-order valence-corrected chi connectivity index (χ3v) is 6.85. The maximum atomic E-state index is 12.4. The number of rotatable bonds is 4. The Morgan fingerprint density at radius 1 is 0.925 bits per heavy atom. The molecule has 2 aromatic heterocycles. The Labute approximate surface area is 242 Å². The number of aromatic nitrogens is 2. The number of ether oxygens (including phenoxy) is 2. The van der Waals surface area contributed by atoms with Gasteiger partial charge < -0.3 is 29.5 Å². The fraction of sp³-hybridized carbons (Fsp3) is 0.586. The predicted octanol–water partition coefficient (Wildman–Crippen LogP) is 5.35. The van der Waals surface area contributed by atoms with Crippen molar-refractivity contribution in [1.29, 1.82) is 0 Å². The van der Waals surface area contributed by atoms with E-state index in [1.165, 1.54) is 0 Å². The number of hydrogen-bond acceptors (Lipinski definition) is 8. The highest BCUT2D eigenvalue weighted by Crippen LogP contribution is 2.34. The summed E-state index contributed by atoms with van der Waals surface area (Å²) in [4.78, 5) is 40.0. The quantitative estimate of drug-likeness (QED) is 0.490. The van der Waals surface area contributed by atoms with Gasteiger partial charge in [0.05, 0.1) is 0 Å². The molecule has 0 aliphatic carbocycles. The van der Waals surface area contributed by atoms with E-state index in [1.54, 1.807) is 11.1 Å². The molecule has 0 aromatic carbocycles. The predicted molar refractivity (Wildman–Crippen MR) is 157 cm³/mol. The minimum Gasteiger partial charge on any atom is -0.444 e. The molecule has 0 bridgehead atoms. The normalized spacial score (nSPS) is 18.4. The largest absolute Gasteiger partial charge is 0.444 e. The lowest BCUT2D eigenvalue weighted by Crippen LogP contribution is -2.50. The van der Waals surface area contributed by atoms with Gasteiger partial charge in [0, 0.05) is 74.5 Å². The molecule has 2 aliphatic heterocycles. The summed E-state index contributed by atoms with van der Waals surface area (Å²) in [6.07, 6.45) is 4.75. The van der Waals surface area contributed by atoms with Crippen LogP contribution < -0.4 is 15.1 Å². The summed E-state index contributed by atoms with van der Waals surface area (Å²) in [7, 11) is 0. The van der Waals surface area contributed by atoms with Crippen LogP contribution in [0.5, 0.6) is 0 Å². The number of carbonyl (C=O) groups excluding carboxylic acids is 2. The van der Waals surface area contributed by atoms with E-state index in [2.05, 4.69) is 20.1 Å². The molecule has 218 valence electrons. The average molecular weight is 573 g/mol. The van der Waals surface area contributed by atoms with Crippen molar-refractivity contribution in [3.63, 3.8) is 0 Å². The zero-order valence-electron chi connectivity index (χ0n) is 24.4. The number of pyridine rings is 2. The molecule has 1 atom stereocenters. The number of amides is 2. The Hall–Kier alpha value is -3.27. The molecule has 4 rings (SSSR count). The smallest absolute Gasteiger partial charge is 0.410 e. The van der Waals surface area contributed by atoms with Gasteiger partial charge in [0.15, 0.2) is 0 Å². The average Bonchev–Trinajstić information content (AvgIpc) is 2.87. The molecule has 1 N–H and O–H groups in total. The van der Waals surface area contributed by atoms with Crippen LogP contribution in [0.25, 0.3) is 11.1 Å². The van der Waals surface area contributed by atoms with Crippen molar-refractivity contribution in [2.45, 2.75) is 71.6 Å². The minimum absolute atomic E-state index is 0.0387. The third-order valence-electron chi connectivity index (χ3n) is 6.65. The number of alkyl carbamates (subject to hydrolysis) is 1. The Balaban J connectivity index is 1.43. The van der Waals surface area contributed by atoms with Crippen LogP contribution in [0.3, 0.4) is 0 Å². The minimum atomic E-state index is -0.547. The van der Waals surface area contributed by atoms with Crippen molar-refractivity contribution in [3.8, 4) is 11.1 Å². The molecule has 0 unspecified atom stereocenters. The second-order valence-corrected chi connectivity index (χ2v) is 12.7. The number of piperidine rings is 1. The Morgan fingerprint density at radius 2 is 1.62 bits per heavy atom. The first kappa shape index (κ1) is 29.7. The van der Waals surface area contributed by atoms with Crippen LogP contribution >= 0.6 is 11.6 Å². The van der Waals surface area contributed by atoms with Crippen LogP contribution in [-0.2, 0) is 9.47 Å². The molecule has 11 heteroatoms. The van der Waals surface area contributed by atoms with Gasteiger partial charge in [0.25, 0.3) is 0 Å². The molecule has 0 spiro atoms. The van der Waals surface area contributed by atoms with Crippen molar-refractivity contribution in [2.24, 2.45) is 0 Å². The van der Waals surface area contributed by atoms with Gasteiger partial charge in [0.1, 0.15) is 22.2 Å². The number of piperazine rings is 1. The van der Waals surface area contributed by atoms with E-state index >= 15 is 0 Å². The molecule has 0 radical (unpaired) electrons. The van der Waals surface area contributed by atoms with Crippen LogP contribution in [0.4, 0.5) is 21.1 Å². The summed E-state index contributed by atoms with van der Waals surface area (Å²) < 4.78 is 11.0. The molecule has 2 amide bonds. The molecule has 4 heterocycles. The number of halogens is 1. The van der Waals surface area contributed by atoms with Gasteiger partial charge in [-0.1, -0.05) is 11.6 Å². The van der Waals surface area contributed by atoms with Gasteiger partial charge in [-0.2, -0.15) is 0 Å². The number of nitrogens with zero attached hydrogens (tertiary/aromatic N) is 5. The van der Waals surface area contributed by atoms with Crippen LogP contribution in [0, 0.1) is 0 Å². The van der Waals surface area contributed by atoms with E-state index in [4.69, 9.17) is 26.1 Å². The molecule has 40 heavy (non-hydrogen) atoms. The lowest BCUT2D eigenvalue weighted by molar-refractivity contribution is 0.0240. The van der Waals surface area contributed by atoms with Crippen molar-refractivity contribution < 1.29 is 19.1 Å². The molecular weight excluding hydrogens is 532 g/mol. The Morgan fingerprint density at radius 3 is 2.25 bits per heavy atom. The first-order chi connectivity index (χ1) is 18.8. The monoisotopic (exact) mass is 572 g/mol. The summed E-state index contributed by atoms with van der Waals surface area (Å²) in [6, 6.07) is 5.87. The molecule has 2 aliphatic rings. The van der Waals surface area contributed by atoms with Gasteiger partial charge in [-0.15, -0.1) is 0 Å². The third kappa shape index (κ3) is 8.13. The van der Waals surface area contributed by atoms with Gasteiger partial charge in [-0.3, -0.25) is 0 Å².